The molecule has 31 heavy (non-hydrogen) atoms. The minimum absolute atomic E-state index is 0.0104. The maximum absolute atomic E-state index is 12.7. The molecule has 7 nitrogen and oxygen atoms in total. The van der Waals surface area contributed by atoms with Crippen LogP contribution in [0.5, 0.6) is 0 Å². The van der Waals surface area contributed by atoms with Gasteiger partial charge in [0, 0.05) is 34.2 Å². The van der Waals surface area contributed by atoms with Crippen LogP contribution in [-0.4, -0.2) is 34.0 Å². The number of nitrogens with zero attached hydrogens (tertiary/aromatic N) is 1. The summed E-state index contributed by atoms with van der Waals surface area (Å²) in [4.78, 5) is 16.0. The van der Waals surface area contributed by atoms with Crippen molar-refractivity contribution in [2.24, 2.45) is 0 Å². The lowest BCUT2D eigenvalue weighted by Crippen LogP contribution is -2.30. The third kappa shape index (κ3) is 4.98. The second-order valence-electron chi connectivity index (χ2n) is 6.76. The molecule has 3 aromatic rings. The van der Waals surface area contributed by atoms with Gasteiger partial charge in [0.25, 0.3) is 10.0 Å². The van der Waals surface area contributed by atoms with Crippen LogP contribution in [0.1, 0.15) is 18.9 Å². The number of nitrogens with one attached hydrogen (secondary N) is 1. The normalized spacial score (nSPS) is 12.0. The van der Waals surface area contributed by atoms with Gasteiger partial charge in [0.2, 0.25) is 5.91 Å². The van der Waals surface area contributed by atoms with E-state index in [1.807, 2.05) is 4.72 Å². The van der Waals surface area contributed by atoms with E-state index in [1.54, 1.807) is 29.6 Å². The first-order chi connectivity index (χ1) is 14.4. The molecule has 0 unspecified atom stereocenters. The number of sulfonamides is 1. The molecule has 0 saturated heterocycles. The van der Waals surface area contributed by atoms with Crippen LogP contribution in [-0.2, 0) is 24.7 Å². The zero-order valence-corrected chi connectivity index (χ0v) is 20.0. The molecule has 2 aromatic carbocycles. The van der Waals surface area contributed by atoms with E-state index in [2.05, 4.69) is 4.98 Å². The fraction of sp³-hybridized carbons (Fsp3) is 0.200. The maximum Gasteiger partial charge on any atom is 0.264 e. The van der Waals surface area contributed by atoms with Crippen LogP contribution in [0.3, 0.4) is 0 Å². The zero-order valence-electron chi connectivity index (χ0n) is 16.8. The van der Waals surface area contributed by atoms with Gasteiger partial charge in [0.05, 0.1) is 15.5 Å². The second kappa shape index (κ2) is 8.70. The van der Waals surface area contributed by atoms with Crippen molar-refractivity contribution in [1.29, 1.82) is 0 Å². The van der Waals surface area contributed by atoms with E-state index < -0.39 is 25.8 Å². The van der Waals surface area contributed by atoms with Crippen LogP contribution in [0, 0.1) is 6.92 Å². The number of sulfone groups is 1. The molecule has 164 valence electrons. The number of hydrogen-bond acceptors (Lipinski definition) is 7. The molecular weight excluding hydrogens is 480 g/mol. The van der Waals surface area contributed by atoms with Crippen molar-refractivity contribution in [2.75, 3.05) is 6.26 Å². The molecular formula is C20H19ClN2O5S3. The van der Waals surface area contributed by atoms with Gasteiger partial charge < -0.3 is 0 Å². The number of thiazole rings is 1. The largest absolute Gasteiger partial charge is 0.274 e. The lowest BCUT2D eigenvalue weighted by molar-refractivity contribution is -0.119. The third-order valence-electron chi connectivity index (χ3n) is 4.49. The number of carbonyl (C=O) groups is 1. The summed E-state index contributed by atoms with van der Waals surface area (Å²) < 4.78 is 52.3. The van der Waals surface area contributed by atoms with Crippen molar-refractivity contribution in [1.82, 2.24) is 9.71 Å². The van der Waals surface area contributed by atoms with Crippen LogP contribution in [0.4, 0.5) is 0 Å². The molecule has 0 atom stereocenters. The van der Waals surface area contributed by atoms with Gasteiger partial charge in [-0.15, -0.1) is 11.3 Å². The van der Waals surface area contributed by atoms with Crippen molar-refractivity contribution >= 4 is 48.7 Å². The molecule has 0 aliphatic heterocycles. The Hall–Kier alpha value is -2.27. The van der Waals surface area contributed by atoms with Crippen molar-refractivity contribution in [2.45, 2.75) is 30.1 Å². The SMILES string of the molecule is CCC(=O)NS(=O)(=O)c1ccc(S(C)(=O)=O)c(-c2nc(-c3ccc(Cl)cc3)cs2)c1C. The van der Waals surface area contributed by atoms with E-state index in [0.29, 0.717) is 15.7 Å². The van der Waals surface area contributed by atoms with Gasteiger partial charge in [-0.05, 0) is 36.8 Å². The first-order valence-electron chi connectivity index (χ1n) is 9.05. The van der Waals surface area contributed by atoms with Crippen LogP contribution >= 0.6 is 22.9 Å². The standard InChI is InChI=1S/C20H19ClN2O5S3/c1-4-18(24)23-31(27,28)16-9-10-17(30(3,25)26)19(12(16)2)20-22-15(11-29-20)13-5-7-14(21)8-6-13/h5-11H,4H2,1-3H3,(H,23,24). The molecule has 0 fully saturated rings. The van der Waals surface area contributed by atoms with Crippen LogP contribution in [0.25, 0.3) is 21.8 Å². The zero-order chi connectivity index (χ0) is 23.0. The number of rotatable bonds is 6. The van der Waals surface area contributed by atoms with E-state index in [9.17, 15) is 21.6 Å². The fourth-order valence-corrected chi connectivity index (χ4v) is 6.33. The Morgan fingerprint density at radius 3 is 2.26 bits per heavy atom. The summed E-state index contributed by atoms with van der Waals surface area (Å²) in [5.74, 6) is -0.660. The molecule has 3 rings (SSSR count). The van der Waals surface area contributed by atoms with Crippen LogP contribution < -0.4 is 4.72 Å². The molecule has 1 heterocycles. The predicted molar refractivity (Wildman–Crippen MR) is 121 cm³/mol. The Balaban J connectivity index is 2.21. The highest BCUT2D eigenvalue weighted by atomic mass is 35.5. The smallest absolute Gasteiger partial charge is 0.264 e. The third-order valence-corrected chi connectivity index (χ3v) is 8.26. The number of aromatic nitrogens is 1. The van der Waals surface area contributed by atoms with Crippen LogP contribution in [0.2, 0.25) is 5.02 Å². The quantitative estimate of drug-likeness (QED) is 0.548. The monoisotopic (exact) mass is 498 g/mol. The molecule has 11 heteroatoms. The molecule has 0 aliphatic rings. The summed E-state index contributed by atoms with van der Waals surface area (Å²) in [6.45, 7) is 3.03. The highest BCUT2D eigenvalue weighted by Gasteiger charge is 2.27. The number of amides is 1. The predicted octanol–water partition coefficient (Wildman–Crippen LogP) is 4.06. The Labute approximate surface area is 190 Å². The lowest BCUT2D eigenvalue weighted by Gasteiger charge is -2.14. The van der Waals surface area contributed by atoms with Gasteiger partial charge in [-0.2, -0.15) is 0 Å². The van der Waals surface area contributed by atoms with E-state index in [1.165, 1.54) is 37.3 Å². The van der Waals surface area contributed by atoms with E-state index in [0.717, 1.165) is 11.8 Å². The Kier molecular flexibility index (Phi) is 6.56. The number of carbonyl (C=O) groups excluding carboxylic acids is 1. The van der Waals surface area contributed by atoms with Gasteiger partial charge in [0.15, 0.2) is 9.84 Å². The first-order valence-corrected chi connectivity index (χ1v) is 13.7. The Morgan fingerprint density at radius 2 is 1.68 bits per heavy atom. The Bertz CT molecular complexity index is 1360. The minimum Gasteiger partial charge on any atom is -0.274 e. The molecule has 1 N–H and O–H groups in total. The highest BCUT2D eigenvalue weighted by molar-refractivity contribution is 7.91. The molecule has 0 radical (unpaired) electrons. The minimum atomic E-state index is -4.18. The first kappa shape index (κ1) is 23.4. The summed E-state index contributed by atoms with van der Waals surface area (Å²) >= 11 is 7.12. The van der Waals surface area contributed by atoms with E-state index in [4.69, 9.17) is 11.6 Å². The van der Waals surface area contributed by atoms with Gasteiger partial charge in [-0.1, -0.05) is 30.7 Å². The highest BCUT2D eigenvalue weighted by Crippen LogP contribution is 2.38. The Morgan fingerprint density at radius 1 is 1.06 bits per heavy atom. The van der Waals surface area contributed by atoms with E-state index >= 15 is 0 Å². The van der Waals surface area contributed by atoms with Gasteiger partial charge in [-0.3, -0.25) is 4.79 Å². The maximum atomic E-state index is 12.7. The van der Waals surface area contributed by atoms with Crippen molar-refractivity contribution < 1.29 is 21.6 Å². The van der Waals surface area contributed by atoms with Gasteiger partial charge in [0.1, 0.15) is 5.01 Å². The number of benzene rings is 2. The second-order valence-corrected chi connectivity index (χ2v) is 11.7. The number of halogens is 1. The van der Waals surface area contributed by atoms with E-state index in [-0.39, 0.29) is 27.3 Å². The molecule has 1 aromatic heterocycles. The van der Waals surface area contributed by atoms with Crippen molar-refractivity contribution in [3.8, 4) is 21.8 Å². The average molecular weight is 499 g/mol. The van der Waals surface area contributed by atoms with Gasteiger partial charge in [-0.25, -0.2) is 26.5 Å². The summed E-state index contributed by atoms with van der Waals surface area (Å²) in [6, 6.07) is 9.42. The topological polar surface area (TPSA) is 110 Å². The summed E-state index contributed by atoms with van der Waals surface area (Å²) in [5.41, 5.74) is 1.77. The molecule has 0 saturated carbocycles. The van der Waals surface area contributed by atoms with Gasteiger partial charge >= 0.3 is 0 Å². The molecule has 0 aliphatic carbocycles. The van der Waals surface area contributed by atoms with Crippen molar-refractivity contribution in [3.63, 3.8) is 0 Å². The summed E-state index contributed by atoms with van der Waals surface area (Å²) in [7, 11) is -7.87. The van der Waals surface area contributed by atoms with Crippen molar-refractivity contribution in [3.05, 3.63) is 52.4 Å². The average Bonchev–Trinajstić information content (AvgIpc) is 3.16. The summed E-state index contributed by atoms with van der Waals surface area (Å²) in [5, 5.41) is 2.67. The lowest BCUT2D eigenvalue weighted by atomic mass is 10.1. The van der Waals surface area contributed by atoms with Crippen LogP contribution in [0.15, 0.2) is 51.6 Å². The number of hydrogen-bond donors (Lipinski definition) is 1. The molecule has 1 amide bonds. The molecule has 0 bridgehead atoms. The summed E-state index contributed by atoms with van der Waals surface area (Å²) in [6.07, 6.45) is 1.04. The molecule has 0 spiro atoms. The fourth-order valence-electron chi connectivity index (χ4n) is 2.95.